The Morgan fingerprint density at radius 2 is 1.62 bits per heavy atom. The summed E-state index contributed by atoms with van der Waals surface area (Å²) in [5, 5.41) is 0. The molecule has 0 saturated heterocycles. The predicted molar refractivity (Wildman–Crippen MR) is 128 cm³/mol. The fraction of sp³-hybridized carbons (Fsp3) is 0.357. The van der Waals surface area contributed by atoms with Crippen LogP contribution in [0.1, 0.15) is 64.7 Å². The number of hydrogen-bond acceptors (Lipinski definition) is 1. The van der Waals surface area contributed by atoms with Crippen LogP contribution in [0.3, 0.4) is 0 Å². The summed E-state index contributed by atoms with van der Waals surface area (Å²) in [4.78, 5) is 0. The molecule has 0 heterocycles. The quantitative estimate of drug-likeness (QED) is 0.413. The molecule has 0 saturated carbocycles. The van der Waals surface area contributed by atoms with Gasteiger partial charge in [-0.25, -0.2) is 0 Å². The highest BCUT2D eigenvalue weighted by atomic mass is 16.5. The van der Waals surface area contributed by atoms with Gasteiger partial charge in [-0.1, -0.05) is 62.9 Å². The Kier molecular flexibility index (Phi) is 8.08. The summed E-state index contributed by atoms with van der Waals surface area (Å²) in [6.45, 7) is 19.7. The second-order valence-corrected chi connectivity index (χ2v) is 8.22. The van der Waals surface area contributed by atoms with Gasteiger partial charge < -0.3 is 4.74 Å². The minimum atomic E-state index is 0.188. The lowest BCUT2D eigenvalue weighted by atomic mass is 9.83. The fourth-order valence-electron chi connectivity index (χ4n) is 3.74. The monoisotopic (exact) mass is 388 g/mol. The summed E-state index contributed by atoms with van der Waals surface area (Å²) in [5.41, 5.74) is 8.74. The maximum absolute atomic E-state index is 5.77. The van der Waals surface area contributed by atoms with Crippen molar-refractivity contribution in [3.05, 3.63) is 89.0 Å². The highest BCUT2D eigenvalue weighted by molar-refractivity contribution is 5.81. The van der Waals surface area contributed by atoms with Gasteiger partial charge in [0.1, 0.15) is 5.75 Å². The van der Waals surface area contributed by atoms with Crippen molar-refractivity contribution in [2.75, 3.05) is 0 Å². The van der Waals surface area contributed by atoms with Crippen LogP contribution in [0, 0.1) is 12.8 Å². The van der Waals surface area contributed by atoms with E-state index in [1.54, 1.807) is 0 Å². The average molecular weight is 389 g/mol. The molecule has 0 spiro atoms. The molecule has 0 aliphatic rings. The summed E-state index contributed by atoms with van der Waals surface area (Å²) >= 11 is 0. The lowest BCUT2D eigenvalue weighted by Crippen LogP contribution is -2.05. The van der Waals surface area contributed by atoms with Crippen LogP contribution in [-0.2, 0) is 0 Å². The van der Waals surface area contributed by atoms with Crippen molar-refractivity contribution in [1.82, 2.24) is 0 Å². The van der Waals surface area contributed by atoms with E-state index < -0.39 is 0 Å². The van der Waals surface area contributed by atoms with Gasteiger partial charge in [-0.3, -0.25) is 0 Å². The second kappa shape index (κ2) is 10.3. The number of hydrogen-bond donors (Lipinski definition) is 0. The predicted octanol–water partition coefficient (Wildman–Crippen LogP) is 8.26. The van der Waals surface area contributed by atoms with E-state index in [1.165, 1.54) is 33.4 Å². The van der Waals surface area contributed by atoms with E-state index in [2.05, 4.69) is 83.7 Å². The summed E-state index contributed by atoms with van der Waals surface area (Å²) < 4.78 is 5.77. The topological polar surface area (TPSA) is 9.23 Å². The highest BCUT2D eigenvalue weighted by Gasteiger charge is 2.16. The Hall–Kier alpha value is -2.54. The van der Waals surface area contributed by atoms with Crippen molar-refractivity contribution in [3.8, 4) is 5.75 Å². The lowest BCUT2D eigenvalue weighted by molar-refractivity contribution is 0.242. The van der Waals surface area contributed by atoms with E-state index in [9.17, 15) is 0 Å². The van der Waals surface area contributed by atoms with Gasteiger partial charge in [0.05, 0.1) is 6.10 Å². The van der Waals surface area contributed by atoms with Gasteiger partial charge in [-0.15, -0.1) is 0 Å². The molecule has 1 unspecified atom stereocenters. The zero-order chi connectivity index (χ0) is 21.6. The molecule has 0 N–H and O–H groups in total. The molecule has 0 amide bonds. The number of ether oxygens (including phenoxy) is 1. The van der Waals surface area contributed by atoms with Crippen LogP contribution in [0.2, 0.25) is 0 Å². The van der Waals surface area contributed by atoms with Crippen molar-refractivity contribution in [2.24, 2.45) is 5.92 Å². The first kappa shape index (κ1) is 22.7. The maximum atomic E-state index is 5.77. The van der Waals surface area contributed by atoms with E-state index in [0.29, 0.717) is 5.92 Å². The van der Waals surface area contributed by atoms with Crippen LogP contribution < -0.4 is 4.74 Å². The van der Waals surface area contributed by atoms with Crippen molar-refractivity contribution in [2.45, 2.75) is 61.0 Å². The molecule has 2 aromatic carbocycles. The molecule has 154 valence electrons. The van der Waals surface area contributed by atoms with Crippen molar-refractivity contribution < 1.29 is 4.74 Å². The zero-order valence-corrected chi connectivity index (χ0v) is 19.2. The van der Waals surface area contributed by atoms with Gasteiger partial charge in [-0.05, 0) is 98.1 Å². The molecule has 2 rings (SSSR count). The van der Waals surface area contributed by atoms with Crippen LogP contribution in [0.25, 0.3) is 11.1 Å². The third-order valence-corrected chi connectivity index (χ3v) is 5.44. The lowest BCUT2D eigenvalue weighted by Gasteiger charge is -2.21. The Bertz CT molecular complexity index is 894. The molecule has 0 bridgehead atoms. The molecule has 0 aromatic heterocycles. The number of rotatable bonds is 8. The van der Waals surface area contributed by atoms with Crippen LogP contribution >= 0.6 is 0 Å². The minimum Gasteiger partial charge on any atom is -0.491 e. The van der Waals surface area contributed by atoms with E-state index in [-0.39, 0.29) is 6.10 Å². The van der Waals surface area contributed by atoms with E-state index >= 15 is 0 Å². The molecule has 1 heteroatoms. The number of allylic oxidation sites excluding steroid dienone is 5. The fourth-order valence-corrected chi connectivity index (χ4v) is 3.74. The average Bonchev–Trinajstić information content (AvgIpc) is 2.68. The molecule has 0 fully saturated rings. The molecule has 1 atom stereocenters. The smallest absolute Gasteiger partial charge is 0.119 e. The molecular formula is C28H36O. The normalized spacial score (nSPS) is 13.9. The molecule has 29 heavy (non-hydrogen) atoms. The van der Waals surface area contributed by atoms with Crippen LogP contribution in [0.5, 0.6) is 5.75 Å². The van der Waals surface area contributed by atoms with Crippen molar-refractivity contribution in [3.63, 3.8) is 0 Å². The Morgan fingerprint density at radius 1 is 1.00 bits per heavy atom. The van der Waals surface area contributed by atoms with Crippen LogP contribution in [0.15, 0.2) is 72.3 Å². The summed E-state index contributed by atoms with van der Waals surface area (Å²) in [6.07, 6.45) is 3.57. The van der Waals surface area contributed by atoms with Crippen molar-refractivity contribution >= 4 is 11.1 Å². The SMILES string of the molecule is C=C(/C(=C(C)\C=C(/C)c1ccc(OC(C)C)cc1)C(C)CC)c1ccccc1C. The summed E-state index contributed by atoms with van der Waals surface area (Å²) in [7, 11) is 0. The molecule has 1 nitrogen and oxygen atoms in total. The van der Waals surface area contributed by atoms with Gasteiger partial charge in [0.15, 0.2) is 0 Å². The van der Waals surface area contributed by atoms with Gasteiger partial charge in [0.2, 0.25) is 0 Å². The first-order chi connectivity index (χ1) is 13.7. The number of benzene rings is 2. The first-order valence-electron chi connectivity index (χ1n) is 10.7. The molecule has 0 aliphatic heterocycles. The Morgan fingerprint density at radius 3 is 2.17 bits per heavy atom. The van der Waals surface area contributed by atoms with Crippen molar-refractivity contribution in [1.29, 1.82) is 0 Å². The zero-order valence-electron chi connectivity index (χ0n) is 19.2. The molecular weight excluding hydrogens is 352 g/mol. The minimum absolute atomic E-state index is 0.188. The third kappa shape index (κ3) is 5.97. The maximum Gasteiger partial charge on any atom is 0.119 e. The largest absolute Gasteiger partial charge is 0.491 e. The van der Waals surface area contributed by atoms with Gasteiger partial charge in [0.25, 0.3) is 0 Å². The highest BCUT2D eigenvalue weighted by Crippen LogP contribution is 2.34. The van der Waals surface area contributed by atoms with E-state index in [4.69, 9.17) is 4.74 Å². The molecule has 0 radical (unpaired) electrons. The Balaban J connectivity index is 2.41. The van der Waals surface area contributed by atoms with Gasteiger partial charge >= 0.3 is 0 Å². The van der Waals surface area contributed by atoms with Gasteiger partial charge in [0, 0.05) is 0 Å². The molecule has 2 aromatic rings. The second-order valence-electron chi connectivity index (χ2n) is 8.22. The first-order valence-corrected chi connectivity index (χ1v) is 10.7. The van der Waals surface area contributed by atoms with E-state index in [1.807, 2.05) is 26.0 Å². The standard InChI is InChI=1S/C28H36O/c1-9-20(4)28(24(8)27-13-11-10-12-21(27)5)23(7)18-22(6)25-14-16-26(17-15-25)29-19(2)3/h10-20H,8-9H2,1-7H3/b22-18+,28-23-. The molecule has 0 aliphatic carbocycles. The van der Waals surface area contributed by atoms with Gasteiger partial charge in [-0.2, -0.15) is 0 Å². The Labute approximate surface area is 177 Å². The summed E-state index contributed by atoms with van der Waals surface area (Å²) in [6, 6.07) is 16.9. The summed E-state index contributed by atoms with van der Waals surface area (Å²) in [5.74, 6) is 1.37. The third-order valence-electron chi connectivity index (χ3n) is 5.44. The number of aryl methyl sites for hydroxylation is 1. The van der Waals surface area contributed by atoms with Crippen LogP contribution in [0.4, 0.5) is 0 Å². The van der Waals surface area contributed by atoms with E-state index in [0.717, 1.165) is 17.7 Å². The van der Waals surface area contributed by atoms with Crippen LogP contribution in [-0.4, -0.2) is 6.10 Å².